The summed E-state index contributed by atoms with van der Waals surface area (Å²) < 4.78 is 0.703. The molecule has 0 nitrogen and oxygen atoms in total. The van der Waals surface area contributed by atoms with Crippen molar-refractivity contribution in [3.63, 3.8) is 0 Å². The van der Waals surface area contributed by atoms with Crippen molar-refractivity contribution in [1.82, 2.24) is 0 Å². The second-order valence-corrected chi connectivity index (χ2v) is 9.22. The van der Waals surface area contributed by atoms with Crippen molar-refractivity contribution in [1.29, 1.82) is 0 Å². The van der Waals surface area contributed by atoms with Gasteiger partial charge in [-0.2, -0.15) is 0 Å². The van der Waals surface area contributed by atoms with Crippen LogP contribution in [0.1, 0.15) is 54.5 Å². The third-order valence-electron chi connectivity index (χ3n) is 4.62. The first kappa shape index (κ1) is 21.7. The predicted octanol–water partition coefficient (Wildman–Crippen LogP) is 6.89. The molecule has 1 unspecified atom stereocenters. The van der Waals surface area contributed by atoms with Crippen molar-refractivity contribution in [2.45, 2.75) is 43.2 Å². The number of halogens is 2. The van der Waals surface area contributed by atoms with E-state index < -0.39 is 0 Å². The van der Waals surface area contributed by atoms with Crippen molar-refractivity contribution in [2.24, 2.45) is 0 Å². The van der Waals surface area contributed by atoms with Crippen molar-refractivity contribution >= 4 is 30.9 Å². The van der Waals surface area contributed by atoms with E-state index in [4.69, 9.17) is 0 Å². The van der Waals surface area contributed by atoms with Gasteiger partial charge in [0.1, 0.15) is 0 Å². The Bertz CT molecular complexity index is 724. The maximum Gasteiger partial charge on any atom is -0.147 e. The number of fused-ring (bicyclic) bond motifs is 1. The van der Waals surface area contributed by atoms with Gasteiger partial charge in [-0.25, -0.2) is 0 Å². The predicted molar refractivity (Wildman–Crippen MR) is 106 cm³/mol. The van der Waals surface area contributed by atoms with Gasteiger partial charge in [0.2, 0.25) is 0 Å². The van der Waals surface area contributed by atoms with Gasteiger partial charge in [-0.1, -0.05) is 0 Å². The Kier molecular flexibility index (Phi) is 7.53. The smallest absolute Gasteiger partial charge is 0.147 e. The molecule has 2 aromatic rings. The SMILES string of the molecule is CCC1=Cc2c(-c3ccc(C(C)(C)C)cc3)cccc2[CH]1[Hf].Cl.Cl. The molecule has 0 spiro atoms. The molecule has 1 aliphatic rings. The maximum atomic E-state index is 2.44. The molecule has 0 aliphatic heterocycles. The van der Waals surface area contributed by atoms with E-state index in [0.717, 1.165) is 0 Å². The standard InChI is InChI=1S/C21H23.2ClH.Hf/c1-5-15-13-17-7-6-8-19(20(17)14-15)16-9-11-18(12-10-16)21(2,3)4;;;/h6-14H,5H2,1-4H3;2*1H;. The molecule has 24 heavy (non-hydrogen) atoms. The molecule has 3 heteroatoms. The molecule has 0 N–H and O–H groups in total. The summed E-state index contributed by atoms with van der Waals surface area (Å²) in [6, 6.07) is 16.0. The summed E-state index contributed by atoms with van der Waals surface area (Å²) in [4.78, 5) is 0. The van der Waals surface area contributed by atoms with Crippen LogP contribution in [0.3, 0.4) is 0 Å². The van der Waals surface area contributed by atoms with E-state index in [1.54, 1.807) is 11.1 Å². The van der Waals surface area contributed by atoms with Crippen LogP contribution < -0.4 is 0 Å². The van der Waals surface area contributed by atoms with E-state index in [1.807, 2.05) is 0 Å². The fourth-order valence-electron chi connectivity index (χ4n) is 3.17. The summed E-state index contributed by atoms with van der Waals surface area (Å²) in [5, 5.41) is 0. The van der Waals surface area contributed by atoms with Gasteiger partial charge in [-0.15, -0.1) is 24.8 Å². The van der Waals surface area contributed by atoms with Crippen LogP contribution >= 0.6 is 24.8 Å². The van der Waals surface area contributed by atoms with Crippen LogP contribution in [-0.4, -0.2) is 0 Å². The Morgan fingerprint density at radius 2 is 1.58 bits per heavy atom. The summed E-state index contributed by atoms with van der Waals surface area (Å²) in [7, 11) is 0. The van der Waals surface area contributed by atoms with Gasteiger partial charge >= 0.3 is 150 Å². The zero-order valence-electron chi connectivity index (χ0n) is 14.7. The number of benzene rings is 2. The van der Waals surface area contributed by atoms with E-state index in [2.05, 4.69) is 76.2 Å². The third kappa shape index (κ3) is 4.06. The van der Waals surface area contributed by atoms with Gasteiger partial charge in [0, 0.05) is 0 Å². The summed E-state index contributed by atoms with van der Waals surface area (Å²) in [5.74, 6) is 0. The Morgan fingerprint density at radius 3 is 2.12 bits per heavy atom. The minimum atomic E-state index is 0. The molecule has 3 rings (SSSR count). The second-order valence-electron chi connectivity index (χ2n) is 7.14. The Labute approximate surface area is 173 Å². The number of rotatable bonds is 2. The molecule has 0 amide bonds. The first-order valence-electron chi connectivity index (χ1n) is 8.07. The van der Waals surface area contributed by atoms with Crippen molar-refractivity contribution in [2.75, 3.05) is 0 Å². The molecule has 0 bridgehead atoms. The molecular formula is C21H25Cl2Hf. The van der Waals surface area contributed by atoms with Crippen molar-refractivity contribution in [3.05, 3.63) is 64.7 Å². The van der Waals surface area contributed by atoms with Crippen LogP contribution in [0, 0.1) is 0 Å². The summed E-state index contributed by atoms with van der Waals surface area (Å²) in [5.41, 5.74) is 8.96. The van der Waals surface area contributed by atoms with Crippen molar-refractivity contribution < 1.29 is 24.4 Å². The van der Waals surface area contributed by atoms with E-state index in [9.17, 15) is 0 Å². The van der Waals surface area contributed by atoms with Crippen molar-refractivity contribution in [3.8, 4) is 11.1 Å². The Balaban J connectivity index is 0.00000144. The summed E-state index contributed by atoms with van der Waals surface area (Å²) in [6.45, 7) is 9.08. The Morgan fingerprint density at radius 1 is 0.958 bits per heavy atom. The molecule has 0 fully saturated rings. The van der Waals surface area contributed by atoms with E-state index in [-0.39, 0.29) is 30.2 Å². The van der Waals surface area contributed by atoms with Gasteiger partial charge < -0.3 is 0 Å². The van der Waals surface area contributed by atoms with Crippen LogP contribution in [-0.2, 0) is 29.8 Å². The fraction of sp³-hybridized carbons (Fsp3) is 0.333. The van der Waals surface area contributed by atoms with Crippen LogP contribution in [0.5, 0.6) is 0 Å². The molecule has 0 aromatic heterocycles. The maximum absolute atomic E-state index is 2.44. The molecule has 1 aliphatic carbocycles. The van der Waals surface area contributed by atoms with Gasteiger partial charge in [0.15, 0.2) is 0 Å². The van der Waals surface area contributed by atoms with Crippen LogP contribution in [0.2, 0.25) is 0 Å². The quantitative estimate of drug-likeness (QED) is 0.374. The first-order valence-corrected chi connectivity index (χ1v) is 10.1. The van der Waals surface area contributed by atoms with Gasteiger partial charge in [0.25, 0.3) is 0 Å². The summed E-state index contributed by atoms with van der Waals surface area (Å²) >= 11 is 1.21. The van der Waals surface area contributed by atoms with Crippen LogP contribution in [0.15, 0.2) is 48.0 Å². The van der Waals surface area contributed by atoms with E-state index >= 15 is 0 Å². The molecule has 1 atom stereocenters. The van der Waals surface area contributed by atoms with Gasteiger partial charge in [-0.05, 0) is 0 Å². The monoisotopic (exact) mass is 527 g/mol. The minimum Gasteiger partial charge on any atom is -0.147 e. The zero-order valence-corrected chi connectivity index (χ0v) is 19.9. The van der Waals surface area contributed by atoms with Gasteiger partial charge in [-0.3, -0.25) is 0 Å². The normalized spacial score (nSPS) is 15.8. The first-order chi connectivity index (χ1) is 10.4. The van der Waals surface area contributed by atoms with Crippen LogP contribution in [0.4, 0.5) is 0 Å². The topological polar surface area (TPSA) is 0 Å². The molecular weight excluding hydrogens is 502 g/mol. The Hall–Kier alpha value is -0.370. The largest absolute Gasteiger partial charge is 0.147 e. The molecule has 127 valence electrons. The number of hydrogen-bond acceptors (Lipinski definition) is 0. The van der Waals surface area contributed by atoms with E-state index in [0.29, 0.717) is 3.67 Å². The fourth-order valence-corrected chi connectivity index (χ4v) is 5.11. The molecule has 2 aromatic carbocycles. The number of allylic oxidation sites excluding steroid dienone is 1. The average Bonchev–Trinajstić information content (AvgIpc) is 2.83. The number of hydrogen-bond donors (Lipinski definition) is 0. The molecule has 0 saturated heterocycles. The zero-order chi connectivity index (χ0) is 15.9. The van der Waals surface area contributed by atoms with Gasteiger partial charge in [0.05, 0.1) is 0 Å². The molecule has 0 radical (unpaired) electrons. The molecule has 0 heterocycles. The van der Waals surface area contributed by atoms with E-state index in [1.165, 1.54) is 53.0 Å². The third-order valence-corrected chi connectivity index (χ3v) is 7.07. The molecule has 0 saturated carbocycles. The average molecular weight is 527 g/mol. The summed E-state index contributed by atoms with van der Waals surface area (Å²) in [6.07, 6.45) is 3.62. The van der Waals surface area contributed by atoms with Crippen LogP contribution in [0.25, 0.3) is 17.2 Å². The second kappa shape index (κ2) is 8.34. The minimum absolute atomic E-state index is 0.